The van der Waals surface area contributed by atoms with E-state index >= 15 is 0 Å². The van der Waals surface area contributed by atoms with E-state index in [1.165, 1.54) is 25.9 Å². The van der Waals surface area contributed by atoms with Crippen LogP contribution in [0.3, 0.4) is 0 Å². The molecule has 0 radical (unpaired) electrons. The number of fused-ring (bicyclic) bond motifs is 2. The number of aromatic amines is 1. The molecule has 1 saturated heterocycles. The van der Waals surface area contributed by atoms with Gasteiger partial charge >= 0.3 is 0 Å². The fraction of sp³-hybridized carbons (Fsp3) is 0.379. The number of piperazine rings is 1. The van der Waals surface area contributed by atoms with Crippen molar-refractivity contribution in [1.29, 1.82) is 0 Å². The molecular formula is C29H33N9. The van der Waals surface area contributed by atoms with Crippen molar-refractivity contribution in [3.63, 3.8) is 0 Å². The highest BCUT2D eigenvalue weighted by molar-refractivity contribution is 5.99. The van der Waals surface area contributed by atoms with Crippen LogP contribution in [-0.2, 0) is 0 Å². The second-order valence-electron chi connectivity index (χ2n) is 10.7. The first kappa shape index (κ1) is 23.3. The highest BCUT2D eigenvalue weighted by atomic mass is 15.3. The molecule has 0 unspecified atom stereocenters. The lowest BCUT2D eigenvalue weighted by atomic mass is 9.90. The Kier molecular flexibility index (Phi) is 5.82. The zero-order valence-corrected chi connectivity index (χ0v) is 21.7. The number of nitrogens with zero attached hydrogens (tertiary/aromatic N) is 7. The summed E-state index contributed by atoms with van der Waals surface area (Å²) in [6.07, 6.45) is 6.12. The van der Waals surface area contributed by atoms with Crippen LogP contribution in [0.15, 0.2) is 54.9 Å². The average molecular weight is 508 g/mol. The Morgan fingerprint density at radius 3 is 2.42 bits per heavy atom. The predicted molar refractivity (Wildman–Crippen MR) is 151 cm³/mol. The van der Waals surface area contributed by atoms with E-state index in [0.29, 0.717) is 17.9 Å². The highest BCUT2D eigenvalue weighted by Gasteiger charge is 2.30. The Balaban J connectivity index is 1.20. The van der Waals surface area contributed by atoms with Gasteiger partial charge in [-0.05, 0) is 44.9 Å². The Labute approximate surface area is 221 Å². The van der Waals surface area contributed by atoms with Crippen LogP contribution < -0.4 is 5.73 Å². The monoisotopic (exact) mass is 507 g/mol. The van der Waals surface area contributed by atoms with E-state index in [9.17, 15) is 0 Å². The fourth-order valence-electron chi connectivity index (χ4n) is 6.19. The quantitative estimate of drug-likeness (QED) is 0.373. The van der Waals surface area contributed by atoms with Gasteiger partial charge in [0, 0.05) is 43.3 Å². The van der Waals surface area contributed by atoms with Crippen molar-refractivity contribution in [3.8, 4) is 22.6 Å². The number of imidazole rings is 1. The van der Waals surface area contributed by atoms with Gasteiger partial charge in [0.25, 0.3) is 0 Å². The minimum Gasteiger partial charge on any atom is -0.383 e. The molecule has 1 aliphatic heterocycles. The summed E-state index contributed by atoms with van der Waals surface area (Å²) in [5.41, 5.74) is 12.0. The van der Waals surface area contributed by atoms with Crippen molar-refractivity contribution >= 4 is 27.9 Å². The molecule has 4 heterocycles. The molecule has 2 aliphatic rings. The fourth-order valence-corrected chi connectivity index (χ4v) is 6.19. The smallest absolute Gasteiger partial charge is 0.164 e. The van der Waals surface area contributed by atoms with Crippen molar-refractivity contribution in [2.45, 2.75) is 37.8 Å². The molecule has 2 fully saturated rings. The van der Waals surface area contributed by atoms with Crippen molar-refractivity contribution in [1.82, 2.24) is 39.5 Å². The van der Waals surface area contributed by atoms with Crippen LogP contribution in [0.25, 0.3) is 44.7 Å². The lowest BCUT2D eigenvalue weighted by Crippen LogP contribution is -2.49. The number of anilines is 1. The molecule has 1 aliphatic carbocycles. The number of nitrogen functional groups attached to an aromatic ring is 1. The molecule has 38 heavy (non-hydrogen) atoms. The van der Waals surface area contributed by atoms with Gasteiger partial charge in [0.05, 0.1) is 22.5 Å². The third-order valence-electron chi connectivity index (χ3n) is 8.39. The van der Waals surface area contributed by atoms with Crippen LogP contribution in [0.4, 0.5) is 5.82 Å². The lowest BCUT2D eigenvalue weighted by Gasteiger charge is -2.41. The molecule has 0 spiro atoms. The van der Waals surface area contributed by atoms with Crippen LogP contribution in [0.2, 0.25) is 0 Å². The molecular weight excluding hydrogens is 474 g/mol. The zero-order chi connectivity index (χ0) is 25.6. The summed E-state index contributed by atoms with van der Waals surface area (Å²) >= 11 is 0. The van der Waals surface area contributed by atoms with Gasteiger partial charge in [0.1, 0.15) is 23.7 Å². The molecule has 9 heteroatoms. The van der Waals surface area contributed by atoms with Crippen molar-refractivity contribution in [3.05, 3.63) is 54.9 Å². The number of hydrogen-bond donors (Lipinski definition) is 2. The Hall–Kier alpha value is -3.82. The first-order valence-corrected chi connectivity index (χ1v) is 13.6. The largest absolute Gasteiger partial charge is 0.383 e. The van der Waals surface area contributed by atoms with Gasteiger partial charge < -0.3 is 15.6 Å². The molecule has 5 aromatic rings. The van der Waals surface area contributed by atoms with Gasteiger partial charge in [-0.15, -0.1) is 0 Å². The van der Waals surface area contributed by atoms with E-state index < -0.39 is 0 Å². The molecule has 0 bridgehead atoms. The maximum absolute atomic E-state index is 6.42. The summed E-state index contributed by atoms with van der Waals surface area (Å²) in [5, 5.41) is 5.97. The van der Waals surface area contributed by atoms with Crippen LogP contribution in [0.5, 0.6) is 0 Å². The van der Waals surface area contributed by atoms with Gasteiger partial charge in [-0.1, -0.05) is 36.4 Å². The molecule has 7 rings (SSSR count). The number of rotatable bonds is 4. The van der Waals surface area contributed by atoms with Gasteiger partial charge in [-0.2, -0.15) is 5.10 Å². The number of nitrogens with one attached hydrogen (secondary N) is 1. The molecule has 0 atom stereocenters. The van der Waals surface area contributed by atoms with E-state index in [-0.39, 0.29) is 0 Å². The van der Waals surface area contributed by atoms with Crippen molar-refractivity contribution < 1.29 is 0 Å². The zero-order valence-electron chi connectivity index (χ0n) is 21.7. The van der Waals surface area contributed by atoms with Gasteiger partial charge in [-0.3, -0.25) is 4.90 Å². The first-order valence-electron chi connectivity index (χ1n) is 13.6. The molecule has 2 aromatic carbocycles. The number of hydrogen-bond acceptors (Lipinski definition) is 7. The molecule has 3 N–H and O–H groups in total. The number of H-pyrrole nitrogens is 1. The molecule has 3 aromatic heterocycles. The van der Waals surface area contributed by atoms with Crippen molar-refractivity contribution in [2.24, 2.45) is 0 Å². The first-order chi connectivity index (χ1) is 18.6. The summed E-state index contributed by atoms with van der Waals surface area (Å²) in [5.74, 6) is 1.32. The summed E-state index contributed by atoms with van der Waals surface area (Å²) in [6, 6.07) is 17.4. The third-order valence-corrected chi connectivity index (χ3v) is 8.39. The minimum absolute atomic E-state index is 0.308. The van der Waals surface area contributed by atoms with Crippen LogP contribution in [-0.4, -0.2) is 78.8 Å². The summed E-state index contributed by atoms with van der Waals surface area (Å²) < 4.78 is 2.12. The van der Waals surface area contributed by atoms with Gasteiger partial charge in [0.15, 0.2) is 5.65 Å². The van der Waals surface area contributed by atoms with E-state index in [1.54, 1.807) is 6.33 Å². The minimum atomic E-state index is 0.308. The molecule has 0 amide bonds. The lowest BCUT2D eigenvalue weighted by molar-refractivity contribution is 0.0815. The Morgan fingerprint density at radius 2 is 1.63 bits per heavy atom. The van der Waals surface area contributed by atoms with E-state index in [4.69, 9.17) is 15.8 Å². The summed E-state index contributed by atoms with van der Waals surface area (Å²) in [6.45, 7) is 4.67. The Bertz CT molecular complexity index is 1570. The topological polar surface area (TPSA) is 105 Å². The standard InChI is InChI=1S/C29H33N9/c1-36-13-15-37(16-14-36)21-8-10-22(11-9-21)38-29-25(27(30)31-18-32-29)26(35-38)20-7-12-23-24(17-20)34-28(33-23)19-5-3-2-4-6-19/h2-7,12,17-18,21-22H,8-11,13-16H2,1H3,(H,33,34)(H2,30,31,32)/t21-,22+. The van der Waals surface area contributed by atoms with Crippen molar-refractivity contribution in [2.75, 3.05) is 39.0 Å². The Morgan fingerprint density at radius 1 is 0.868 bits per heavy atom. The second-order valence-corrected chi connectivity index (χ2v) is 10.7. The van der Waals surface area contributed by atoms with Crippen LogP contribution in [0, 0.1) is 0 Å². The average Bonchev–Trinajstić information content (AvgIpc) is 3.57. The predicted octanol–water partition coefficient (Wildman–Crippen LogP) is 4.35. The van der Waals surface area contributed by atoms with Crippen LogP contribution >= 0.6 is 0 Å². The third kappa shape index (κ3) is 4.12. The van der Waals surface area contributed by atoms with Gasteiger partial charge in [-0.25, -0.2) is 19.6 Å². The molecule has 9 nitrogen and oxygen atoms in total. The second kappa shape index (κ2) is 9.49. The van der Waals surface area contributed by atoms with Gasteiger partial charge in [0.2, 0.25) is 0 Å². The summed E-state index contributed by atoms with van der Waals surface area (Å²) in [7, 11) is 2.22. The normalized spacial score (nSPS) is 21.4. The highest BCUT2D eigenvalue weighted by Crippen LogP contribution is 2.37. The SMILES string of the molecule is CN1CCN([C@H]2CC[C@@H](n3nc(-c4ccc5[nH]c(-c6ccccc6)nc5c4)c4c(N)ncnc43)CC2)CC1. The van der Waals surface area contributed by atoms with Crippen LogP contribution in [0.1, 0.15) is 31.7 Å². The van der Waals surface area contributed by atoms with E-state index in [2.05, 4.69) is 66.8 Å². The maximum Gasteiger partial charge on any atom is 0.164 e. The summed E-state index contributed by atoms with van der Waals surface area (Å²) in [4.78, 5) is 22.4. The van der Waals surface area contributed by atoms with E-state index in [0.717, 1.165) is 70.6 Å². The number of aromatic nitrogens is 6. The molecule has 194 valence electrons. The number of likely N-dealkylation sites (N-methyl/N-ethyl adjacent to an activating group) is 1. The number of nitrogens with two attached hydrogens (primary N) is 1. The van der Waals surface area contributed by atoms with E-state index in [1.807, 2.05) is 18.2 Å². The number of benzene rings is 2. The maximum atomic E-state index is 6.42. The molecule has 1 saturated carbocycles.